The van der Waals surface area contributed by atoms with Crippen molar-refractivity contribution < 1.29 is 28.6 Å². The van der Waals surface area contributed by atoms with Gasteiger partial charge < -0.3 is 14.2 Å². The summed E-state index contributed by atoms with van der Waals surface area (Å²) in [4.78, 5) is 37.6. The normalized spacial score (nSPS) is 12.6. The molecule has 0 radical (unpaired) electrons. The van der Waals surface area contributed by atoms with Crippen molar-refractivity contribution in [3.8, 4) is 0 Å². The molecule has 0 aromatic heterocycles. The molecule has 50 heavy (non-hydrogen) atoms. The zero-order valence-electron chi connectivity index (χ0n) is 34.0. The lowest BCUT2D eigenvalue weighted by Crippen LogP contribution is -2.30. The van der Waals surface area contributed by atoms with Gasteiger partial charge in [0.25, 0.3) is 0 Å². The lowest BCUT2D eigenvalue weighted by atomic mass is 9.99. The molecule has 296 valence electrons. The van der Waals surface area contributed by atoms with Crippen LogP contribution >= 0.6 is 0 Å². The zero-order valence-corrected chi connectivity index (χ0v) is 34.0. The summed E-state index contributed by atoms with van der Waals surface area (Å²) in [5, 5.41) is 0. The van der Waals surface area contributed by atoms with Gasteiger partial charge in [0, 0.05) is 19.3 Å². The molecule has 0 heterocycles. The number of rotatable bonds is 38. The summed E-state index contributed by atoms with van der Waals surface area (Å²) >= 11 is 0. The van der Waals surface area contributed by atoms with Crippen LogP contribution in [0.15, 0.2) is 0 Å². The van der Waals surface area contributed by atoms with Gasteiger partial charge in [0.1, 0.15) is 13.2 Å². The summed E-state index contributed by atoms with van der Waals surface area (Å²) in [5.74, 6) is 0.764. The molecule has 2 atom stereocenters. The van der Waals surface area contributed by atoms with E-state index in [-0.39, 0.29) is 31.1 Å². The fraction of sp³-hybridized carbons (Fsp3) is 0.932. The van der Waals surface area contributed by atoms with Crippen LogP contribution in [-0.4, -0.2) is 37.2 Å². The van der Waals surface area contributed by atoms with E-state index in [4.69, 9.17) is 14.2 Å². The van der Waals surface area contributed by atoms with Crippen molar-refractivity contribution in [2.75, 3.05) is 13.2 Å². The Morgan fingerprint density at radius 2 is 0.760 bits per heavy atom. The lowest BCUT2D eigenvalue weighted by molar-refractivity contribution is -0.167. The van der Waals surface area contributed by atoms with Gasteiger partial charge in [-0.2, -0.15) is 0 Å². The SMILES string of the molecule is CCCCCCCCCCCCC(=O)O[C@@H](COC(=O)CCCCCCCCCCC(C)CC)COC(=O)CCCCCCCCCC(C)C. The number of ether oxygens (including phenoxy) is 3. The van der Waals surface area contributed by atoms with Gasteiger partial charge in [0.05, 0.1) is 0 Å². The second-order valence-electron chi connectivity index (χ2n) is 15.7. The molecule has 0 aliphatic heterocycles. The summed E-state index contributed by atoms with van der Waals surface area (Å²) in [6.07, 6.45) is 33.7. The largest absolute Gasteiger partial charge is 0.462 e. The average molecular weight is 709 g/mol. The Balaban J connectivity index is 4.35. The van der Waals surface area contributed by atoms with E-state index in [0.717, 1.165) is 69.6 Å². The Hall–Kier alpha value is -1.59. The first-order valence-electron chi connectivity index (χ1n) is 21.8. The molecule has 0 aromatic carbocycles. The van der Waals surface area contributed by atoms with Crippen molar-refractivity contribution in [2.45, 2.75) is 240 Å². The summed E-state index contributed by atoms with van der Waals surface area (Å²) in [5.41, 5.74) is 0. The molecule has 6 heteroatoms. The second-order valence-corrected chi connectivity index (χ2v) is 15.7. The van der Waals surface area contributed by atoms with E-state index in [2.05, 4.69) is 34.6 Å². The molecule has 0 aromatic rings. The molecule has 6 nitrogen and oxygen atoms in total. The fourth-order valence-corrected chi connectivity index (χ4v) is 6.37. The predicted octanol–water partition coefficient (Wildman–Crippen LogP) is 13.4. The summed E-state index contributed by atoms with van der Waals surface area (Å²) in [7, 11) is 0. The van der Waals surface area contributed by atoms with Crippen molar-refractivity contribution in [3.63, 3.8) is 0 Å². The van der Waals surface area contributed by atoms with Gasteiger partial charge in [-0.3, -0.25) is 14.4 Å². The quantitative estimate of drug-likeness (QED) is 0.0361. The molecule has 0 bridgehead atoms. The minimum absolute atomic E-state index is 0.0661. The van der Waals surface area contributed by atoms with Gasteiger partial charge in [0.15, 0.2) is 6.10 Å². The highest BCUT2D eigenvalue weighted by Crippen LogP contribution is 2.17. The maximum Gasteiger partial charge on any atom is 0.306 e. The van der Waals surface area contributed by atoms with Gasteiger partial charge in [-0.05, 0) is 31.1 Å². The first-order chi connectivity index (χ1) is 24.3. The van der Waals surface area contributed by atoms with Crippen LogP contribution in [0.4, 0.5) is 0 Å². The van der Waals surface area contributed by atoms with Crippen LogP contribution in [0.25, 0.3) is 0 Å². The van der Waals surface area contributed by atoms with Gasteiger partial charge in [-0.1, -0.05) is 195 Å². The molecule has 0 aliphatic carbocycles. The van der Waals surface area contributed by atoms with Crippen molar-refractivity contribution >= 4 is 17.9 Å². The van der Waals surface area contributed by atoms with Gasteiger partial charge in [-0.15, -0.1) is 0 Å². The number of hydrogen-bond acceptors (Lipinski definition) is 6. The van der Waals surface area contributed by atoms with Crippen molar-refractivity contribution in [2.24, 2.45) is 11.8 Å². The van der Waals surface area contributed by atoms with Crippen LogP contribution in [0.1, 0.15) is 234 Å². The maximum absolute atomic E-state index is 12.6. The van der Waals surface area contributed by atoms with Crippen LogP contribution < -0.4 is 0 Å². The standard InChI is InChI=1S/C44H84O6/c1-6-8-9-10-11-12-13-20-26-31-36-44(47)50-41(38-49-43(46)35-30-25-21-16-17-22-27-32-39(3)4)37-48-42(45)34-29-24-19-15-14-18-23-28-33-40(5)7-2/h39-41H,6-38H2,1-5H3/t40?,41-/m0/s1. The molecule has 0 saturated heterocycles. The van der Waals surface area contributed by atoms with Crippen LogP contribution in [0.5, 0.6) is 0 Å². The third-order valence-electron chi connectivity index (χ3n) is 10.1. The van der Waals surface area contributed by atoms with E-state index in [1.807, 2.05) is 0 Å². The van der Waals surface area contributed by atoms with E-state index in [1.54, 1.807) is 0 Å². The Labute approximate surface area is 310 Å². The first kappa shape index (κ1) is 48.4. The molecular weight excluding hydrogens is 624 g/mol. The smallest absolute Gasteiger partial charge is 0.306 e. The molecule has 0 amide bonds. The third kappa shape index (κ3) is 36.2. The summed E-state index contributed by atoms with van der Waals surface area (Å²) in [6.45, 7) is 11.3. The Morgan fingerprint density at radius 3 is 1.14 bits per heavy atom. The number of unbranched alkanes of at least 4 members (excludes halogenated alkanes) is 22. The maximum atomic E-state index is 12.6. The molecule has 0 fully saturated rings. The molecule has 0 saturated carbocycles. The van der Waals surface area contributed by atoms with Gasteiger partial charge in [0.2, 0.25) is 0 Å². The van der Waals surface area contributed by atoms with Crippen LogP contribution in [0.3, 0.4) is 0 Å². The zero-order chi connectivity index (χ0) is 36.9. The summed E-state index contributed by atoms with van der Waals surface area (Å²) in [6, 6.07) is 0. The van der Waals surface area contributed by atoms with E-state index in [9.17, 15) is 14.4 Å². The lowest BCUT2D eigenvalue weighted by Gasteiger charge is -2.18. The number of esters is 3. The summed E-state index contributed by atoms with van der Waals surface area (Å²) < 4.78 is 16.7. The van der Waals surface area contributed by atoms with Crippen LogP contribution in [0.2, 0.25) is 0 Å². The predicted molar refractivity (Wildman–Crippen MR) is 210 cm³/mol. The Bertz CT molecular complexity index is 766. The number of hydrogen-bond donors (Lipinski definition) is 0. The molecule has 0 N–H and O–H groups in total. The minimum atomic E-state index is -0.760. The Morgan fingerprint density at radius 1 is 0.420 bits per heavy atom. The highest BCUT2D eigenvalue weighted by atomic mass is 16.6. The highest BCUT2D eigenvalue weighted by Gasteiger charge is 2.19. The van der Waals surface area contributed by atoms with Crippen molar-refractivity contribution in [1.82, 2.24) is 0 Å². The average Bonchev–Trinajstić information content (AvgIpc) is 3.09. The van der Waals surface area contributed by atoms with Crippen LogP contribution in [0, 0.1) is 11.8 Å². The topological polar surface area (TPSA) is 78.9 Å². The van der Waals surface area contributed by atoms with Crippen molar-refractivity contribution in [3.05, 3.63) is 0 Å². The van der Waals surface area contributed by atoms with Gasteiger partial charge >= 0.3 is 17.9 Å². The van der Waals surface area contributed by atoms with E-state index >= 15 is 0 Å². The number of carbonyl (C=O) groups is 3. The minimum Gasteiger partial charge on any atom is -0.462 e. The highest BCUT2D eigenvalue weighted by molar-refractivity contribution is 5.71. The molecule has 1 unspecified atom stereocenters. The molecule has 0 spiro atoms. The molecule has 0 aliphatic rings. The van der Waals surface area contributed by atoms with E-state index in [0.29, 0.717) is 19.3 Å². The Kier molecular flexibility index (Phi) is 36.0. The monoisotopic (exact) mass is 709 g/mol. The third-order valence-corrected chi connectivity index (χ3v) is 10.1. The fourth-order valence-electron chi connectivity index (χ4n) is 6.37. The van der Waals surface area contributed by atoms with E-state index in [1.165, 1.54) is 122 Å². The number of carbonyl (C=O) groups excluding carboxylic acids is 3. The van der Waals surface area contributed by atoms with Gasteiger partial charge in [-0.25, -0.2) is 0 Å². The first-order valence-corrected chi connectivity index (χ1v) is 21.8. The molecule has 0 rings (SSSR count). The van der Waals surface area contributed by atoms with E-state index < -0.39 is 6.10 Å². The second kappa shape index (κ2) is 37.2. The van der Waals surface area contributed by atoms with Crippen LogP contribution in [-0.2, 0) is 28.6 Å². The van der Waals surface area contributed by atoms with Crippen molar-refractivity contribution in [1.29, 1.82) is 0 Å². The molecular formula is C44H84O6.